The number of nitrogens with one attached hydrogen (secondary N) is 1. The highest BCUT2D eigenvalue weighted by atomic mass is 16.6. The number of methoxy groups -OCH3 is 3. The molecule has 0 saturated carbocycles. The van der Waals surface area contributed by atoms with Crippen molar-refractivity contribution in [2.75, 3.05) is 56.1 Å². The smallest absolute Gasteiger partial charge is 0.331 e. The Morgan fingerprint density at radius 2 is 1.60 bits per heavy atom. The van der Waals surface area contributed by atoms with Crippen LogP contribution < -0.4 is 5.32 Å². The second kappa shape index (κ2) is 36.7. The Hall–Kier alpha value is -4.23. The number of aliphatic hydroxyl groups is 2. The Morgan fingerprint density at radius 3 is 2.19 bits per heavy atom. The van der Waals surface area contributed by atoms with E-state index in [4.69, 9.17) is 33.2 Å². The summed E-state index contributed by atoms with van der Waals surface area (Å²) in [5.74, 6) is -4.24. The largest absolute Gasteiger partial charge is 0.462 e. The molecular formula is C58H99N3O14. The molecular weight excluding hydrogens is 963 g/mol. The molecule has 0 saturated heterocycles. The Labute approximate surface area is 450 Å². The summed E-state index contributed by atoms with van der Waals surface area (Å²) < 4.78 is 41.2. The van der Waals surface area contributed by atoms with Gasteiger partial charge in [0.1, 0.15) is 36.5 Å². The molecule has 0 radical (unpaired) electrons. The molecule has 0 aliphatic carbocycles. The molecule has 0 aromatic heterocycles. The normalized spacial score (nSPS) is 28.7. The number of likely N-dealkylation sites (N-methyl/N-ethyl adjacent to an activating group) is 2. The molecule has 75 heavy (non-hydrogen) atoms. The van der Waals surface area contributed by atoms with Crippen LogP contribution in [0.15, 0.2) is 60.4 Å². The van der Waals surface area contributed by atoms with Gasteiger partial charge in [-0.05, 0) is 96.8 Å². The second-order valence-electron chi connectivity index (χ2n) is 21.3. The summed E-state index contributed by atoms with van der Waals surface area (Å²) in [4.78, 5) is 67.2. The number of cyclic esters (lactones) is 1. The van der Waals surface area contributed by atoms with Gasteiger partial charge in [-0.2, -0.15) is 0 Å². The molecule has 1 heterocycles. The third-order valence-electron chi connectivity index (χ3n) is 14.9. The van der Waals surface area contributed by atoms with E-state index < -0.39 is 90.3 Å². The molecule has 17 heteroatoms. The molecule has 2 unspecified atom stereocenters. The lowest BCUT2D eigenvalue weighted by atomic mass is 9.82. The van der Waals surface area contributed by atoms with Crippen LogP contribution in [0.25, 0.3) is 0 Å². The van der Waals surface area contributed by atoms with Crippen LogP contribution >= 0.6 is 0 Å². The molecule has 0 bridgehead atoms. The van der Waals surface area contributed by atoms with Gasteiger partial charge in [0.05, 0.1) is 31.0 Å². The summed E-state index contributed by atoms with van der Waals surface area (Å²) in [6, 6.07) is -1.28. The maximum atomic E-state index is 13.6. The number of amides is 1. The highest BCUT2D eigenvalue weighted by Gasteiger charge is 2.37. The first-order chi connectivity index (χ1) is 35.4. The molecule has 1 amide bonds. The van der Waals surface area contributed by atoms with Crippen molar-refractivity contribution in [1.82, 2.24) is 15.1 Å². The highest BCUT2D eigenvalue weighted by Crippen LogP contribution is 2.32. The standard InChI is InChI=1S/C58H99N3O14/c1-37-26-27-38(2)49(71-17)30-28-39(3)55(66)43(7)51(75-58(68)48(59-11)35-69-15)23-19-18-20-25-53(64)73-50(24-21-22-47(34-37)70-16)42(6)54(65)40(4)29-31-52(74-57(67)45(9)60(12)13)44(8)56(72-46(10)63)41(5)32-33-61(14)36-62/h18-22,25,27,32-33,36-37,39-45,47-52,54-56,59,65-66H,23-24,26,28-31,34-35H2,1-17H3/b19-18+,22-21+,25-20+,33-32+,38-27+/t37-,39-,40+,41-,42-,43-,44+,45?,47+,48?,49+,50+,51-,52-,54+,55-,56-/m1/s1. The molecule has 1 rings (SSSR count). The zero-order chi connectivity index (χ0) is 56.9. The first kappa shape index (κ1) is 68.8. The third-order valence-corrected chi connectivity index (χ3v) is 14.9. The van der Waals surface area contributed by atoms with Crippen LogP contribution in [0, 0.1) is 41.4 Å². The number of allylic oxidation sites excluding steroid dienone is 3. The fourth-order valence-electron chi connectivity index (χ4n) is 9.24. The van der Waals surface area contributed by atoms with E-state index in [0.717, 1.165) is 18.4 Å². The quantitative estimate of drug-likeness (QED) is 0.0394. The molecule has 0 fully saturated rings. The van der Waals surface area contributed by atoms with E-state index in [-0.39, 0.29) is 55.3 Å². The number of rotatable bonds is 23. The topological polar surface area (TPSA) is 209 Å². The van der Waals surface area contributed by atoms with Gasteiger partial charge in [-0.25, -0.2) is 4.79 Å². The number of aliphatic hydroxyl groups excluding tert-OH is 2. The van der Waals surface area contributed by atoms with Crippen LogP contribution in [0.3, 0.4) is 0 Å². The van der Waals surface area contributed by atoms with Crippen LogP contribution in [0.2, 0.25) is 0 Å². The Kier molecular flexibility index (Phi) is 33.7. The van der Waals surface area contributed by atoms with Crippen LogP contribution in [0.5, 0.6) is 0 Å². The van der Waals surface area contributed by atoms with Gasteiger partial charge in [0.15, 0.2) is 0 Å². The summed E-state index contributed by atoms with van der Waals surface area (Å²) in [5, 5.41) is 26.6. The van der Waals surface area contributed by atoms with E-state index >= 15 is 0 Å². The molecule has 17 nitrogen and oxygen atoms in total. The molecule has 1 aliphatic rings. The number of carbonyl (C=O) groups excluding carboxylic acids is 5. The SMILES string of the molecule is CNC(COC)C(=O)O[C@@H]1C/C=C/C=C/C(=O)O[C@H]([C@@H](C)[C@@H](O)[C@@H](C)CC[C@@H](OC(=O)C(C)N(C)C)[C@H](C)[C@H](OC(C)=O)[C@H](C)/C=C/N(C)C=O)C/C=C/[C@H](OC)C[C@H](C)C/C=C(\C)[C@@H](OC)CC[C@@H](C)[C@@H](O)[C@@H]1C. The molecule has 1 aliphatic heterocycles. The maximum absolute atomic E-state index is 13.6. The van der Waals surface area contributed by atoms with Gasteiger partial charge in [0, 0.05) is 84.1 Å². The fraction of sp³-hybridized carbons (Fsp3) is 0.741. The predicted molar refractivity (Wildman–Crippen MR) is 292 cm³/mol. The van der Waals surface area contributed by atoms with Crippen molar-refractivity contribution in [3.8, 4) is 0 Å². The Bertz CT molecular complexity index is 1840. The number of nitrogens with zero attached hydrogens (tertiary/aromatic N) is 2. The van der Waals surface area contributed by atoms with E-state index in [1.165, 1.54) is 25.0 Å². The van der Waals surface area contributed by atoms with Crippen molar-refractivity contribution < 1.29 is 67.3 Å². The van der Waals surface area contributed by atoms with Gasteiger partial charge in [0.2, 0.25) is 6.41 Å². The average molecular weight is 1060 g/mol. The summed E-state index contributed by atoms with van der Waals surface area (Å²) in [6.45, 7) is 18.7. The molecule has 17 atom stereocenters. The Morgan fingerprint density at radius 1 is 0.920 bits per heavy atom. The minimum absolute atomic E-state index is 0.104. The van der Waals surface area contributed by atoms with Crippen molar-refractivity contribution in [3.63, 3.8) is 0 Å². The van der Waals surface area contributed by atoms with Gasteiger partial charge < -0.3 is 53.6 Å². The summed E-state index contributed by atoms with van der Waals surface area (Å²) in [6.07, 6.45) is 15.5. The lowest BCUT2D eigenvalue weighted by Crippen LogP contribution is -2.44. The van der Waals surface area contributed by atoms with Crippen molar-refractivity contribution in [1.29, 1.82) is 0 Å². The number of hydrogen-bond donors (Lipinski definition) is 3. The van der Waals surface area contributed by atoms with Crippen LogP contribution in [0.1, 0.15) is 121 Å². The number of carbonyl (C=O) groups is 5. The second-order valence-corrected chi connectivity index (χ2v) is 21.3. The van der Waals surface area contributed by atoms with Gasteiger partial charge in [-0.15, -0.1) is 0 Å². The zero-order valence-corrected chi connectivity index (χ0v) is 48.6. The fourth-order valence-corrected chi connectivity index (χ4v) is 9.24. The number of esters is 4. The molecule has 0 spiro atoms. The lowest BCUT2D eigenvalue weighted by Gasteiger charge is -2.35. The van der Waals surface area contributed by atoms with Crippen LogP contribution in [-0.4, -0.2) is 167 Å². The van der Waals surface area contributed by atoms with Gasteiger partial charge in [0.25, 0.3) is 0 Å². The third kappa shape index (κ3) is 25.2. The van der Waals surface area contributed by atoms with E-state index in [9.17, 15) is 34.2 Å². The van der Waals surface area contributed by atoms with Crippen molar-refractivity contribution in [2.24, 2.45) is 41.4 Å². The zero-order valence-electron chi connectivity index (χ0n) is 48.6. The van der Waals surface area contributed by atoms with E-state index in [0.29, 0.717) is 32.1 Å². The molecule has 430 valence electrons. The van der Waals surface area contributed by atoms with Gasteiger partial charge in [-0.1, -0.05) is 91.0 Å². The lowest BCUT2D eigenvalue weighted by molar-refractivity contribution is -0.166. The average Bonchev–Trinajstić information content (AvgIpc) is 3.38. The Balaban J connectivity index is 3.68. The number of ether oxygens (including phenoxy) is 7. The van der Waals surface area contributed by atoms with E-state index in [1.807, 2.05) is 53.7 Å². The summed E-state index contributed by atoms with van der Waals surface area (Å²) in [7, 11) is 11.7. The molecule has 0 aromatic carbocycles. The molecule has 3 N–H and O–H groups in total. The van der Waals surface area contributed by atoms with Gasteiger partial charge in [-0.3, -0.25) is 24.1 Å². The van der Waals surface area contributed by atoms with Crippen molar-refractivity contribution in [3.05, 3.63) is 60.4 Å². The first-order valence-corrected chi connectivity index (χ1v) is 26.9. The van der Waals surface area contributed by atoms with Gasteiger partial charge >= 0.3 is 23.9 Å². The van der Waals surface area contributed by atoms with Crippen LogP contribution in [0.4, 0.5) is 0 Å². The number of hydrogen-bond acceptors (Lipinski definition) is 16. The summed E-state index contributed by atoms with van der Waals surface area (Å²) >= 11 is 0. The van der Waals surface area contributed by atoms with Crippen molar-refractivity contribution in [2.45, 2.75) is 182 Å². The highest BCUT2D eigenvalue weighted by molar-refractivity contribution is 5.82. The summed E-state index contributed by atoms with van der Waals surface area (Å²) in [5.41, 5.74) is 1.10. The first-order valence-electron chi connectivity index (χ1n) is 26.9. The van der Waals surface area contributed by atoms with E-state index in [2.05, 4.69) is 25.2 Å². The molecule has 0 aromatic rings. The van der Waals surface area contributed by atoms with E-state index in [1.54, 1.807) is 84.7 Å². The minimum atomic E-state index is -0.973. The maximum Gasteiger partial charge on any atom is 0.331 e. The van der Waals surface area contributed by atoms with Crippen molar-refractivity contribution >= 4 is 30.3 Å². The predicted octanol–water partition coefficient (Wildman–Crippen LogP) is 7.39. The van der Waals surface area contributed by atoms with Crippen LogP contribution in [-0.2, 0) is 57.1 Å². The minimum Gasteiger partial charge on any atom is -0.462 e. The monoisotopic (exact) mass is 1060 g/mol.